The minimum atomic E-state index is -0.178. The fourth-order valence-electron chi connectivity index (χ4n) is 2.58. The Morgan fingerprint density at radius 3 is 2.42 bits per heavy atom. The number of benzene rings is 2. The maximum Gasteiger partial charge on any atom is 0.315 e. The van der Waals surface area contributed by atoms with E-state index >= 15 is 0 Å². The van der Waals surface area contributed by atoms with Crippen LogP contribution in [0.5, 0.6) is 11.5 Å². The van der Waals surface area contributed by atoms with Crippen LogP contribution in [0.25, 0.3) is 0 Å². The van der Waals surface area contributed by atoms with Crippen molar-refractivity contribution in [3.05, 3.63) is 59.2 Å². The van der Waals surface area contributed by atoms with Crippen molar-refractivity contribution in [3.8, 4) is 11.5 Å². The first-order valence-electron chi connectivity index (χ1n) is 7.91. The quantitative estimate of drug-likeness (QED) is 0.821. The van der Waals surface area contributed by atoms with E-state index in [0.717, 1.165) is 28.2 Å². The van der Waals surface area contributed by atoms with Gasteiger partial charge in [0.15, 0.2) is 0 Å². The van der Waals surface area contributed by atoms with E-state index in [1.165, 1.54) is 0 Å². The first-order valence-corrected chi connectivity index (χ1v) is 7.91. The summed E-state index contributed by atoms with van der Waals surface area (Å²) in [7, 11) is 3.28. The Morgan fingerprint density at radius 2 is 1.75 bits per heavy atom. The summed E-state index contributed by atoms with van der Waals surface area (Å²) in [6.07, 6.45) is 0.687. The summed E-state index contributed by atoms with van der Waals surface area (Å²) in [5, 5.41) is 5.71. The molecule has 2 rings (SSSR count). The van der Waals surface area contributed by atoms with E-state index < -0.39 is 0 Å². The molecular weight excluding hydrogens is 304 g/mol. The molecule has 0 fully saturated rings. The van der Waals surface area contributed by atoms with Crippen LogP contribution in [0.15, 0.2) is 42.5 Å². The van der Waals surface area contributed by atoms with Crippen LogP contribution in [0.1, 0.15) is 16.7 Å². The number of amides is 2. The molecule has 2 amide bonds. The van der Waals surface area contributed by atoms with Crippen LogP contribution >= 0.6 is 0 Å². The largest absolute Gasteiger partial charge is 0.496 e. The SMILES string of the molecule is COc1ccc(CCNC(=O)NCc2ccccc2)c(OC)c1C. The first kappa shape index (κ1) is 17.7. The topological polar surface area (TPSA) is 59.6 Å². The number of hydrogen-bond acceptors (Lipinski definition) is 3. The molecule has 0 bridgehead atoms. The number of methoxy groups -OCH3 is 2. The molecule has 2 aromatic rings. The number of ether oxygens (including phenoxy) is 2. The van der Waals surface area contributed by atoms with Crippen molar-refractivity contribution in [1.29, 1.82) is 0 Å². The Hall–Kier alpha value is -2.69. The van der Waals surface area contributed by atoms with Gasteiger partial charge in [-0.1, -0.05) is 36.4 Å². The normalized spacial score (nSPS) is 10.1. The zero-order chi connectivity index (χ0) is 17.4. The number of hydrogen-bond donors (Lipinski definition) is 2. The van der Waals surface area contributed by atoms with Gasteiger partial charge in [0.1, 0.15) is 11.5 Å². The smallest absolute Gasteiger partial charge is 0.315 e. The van der Waals surface area contributed by atoms with Crippen molar-refractivity contribution in [2.24, 2.45) is 0 Å². The molecule has 0 aromatic heterocycles. The molecule has 5 heteroatoms. The van der Waals surface area contributed by atoms with Crippen molar-refractivity contribution < 1.29 is 14.3 Å². The van der Waals surface area contributed by atoms with Crippen LogP contribution in [0.3, 0.4) is 0 Å². The molecule has 0 aliphatic rings. The fourth-order valence-corrected chi connectivity index (χ4v) is 2.58. The monoisotopic (exact) mass is 328 g/mol. The van der Waals surface area contributed by atoms with Crippen LogP contribution in [-0.2, 0) is 13.0 Å². The second kappa shape index (κ2) is 8.82. The van der Waals surface area contributed by atoms with Gasteiger partial charge >= 0.3 is 6.03 Å². The van der Waals surface area contributed by atoms with Crippen LogP contribution in [0.2, 0.25) is 0 Å². The predicted octanol–water partition coefficient (Wildman–Crippen LogP) is 3.05. The molecule has 0 aliphatic carbocycles. The van der Waals surface area contributed by atoms with Crippen molar-refractivity contribution >= 4 is 6.03 Å². The highest BCUT2D eigenvalue weighted by molar-refractivity contribution is 5.73. The highest BCUT2D eigenvalue weighted by Gasteiger charge is 2.11. The molecule has 0 unspecified atom stereocenters. The number of urea groups is 1. The average molecular weight is 328 g/mol. The van der Waals surface area contributed by atoms with Gasteiger partial charge in [-0.15, -0.1) is 0 Å². The molecule has 24 heavy (non-hydrogen) atoms. The number of rotatable bonds is 7. The molecule has 0 aliphatic heterocycles. The van der Waals surface area contributed by atoms with Gasteiger partial charge < -0.3 is 20.1 Å². The van der Waals surface area contributed by atoms with Gasteiger partial charge in [-0.05, 0) is 30.5 Å². The summed E-state index contributed by atoms with van der Waals surface area (Å²) in [6, 6.07) is 13.5. The number of nitrogens with one attached hydrogen (secondary N) is 2. The highest BCUT2D eigenvalue weighted by atomic mass is 16.5. The Bertz CT molecular complexity index is 672. The molecule has 0 radical (unpaired) electrons. The Labute approximate surface area is 143 Å². The van der Waals surface area contributed by atoms with E-state index in [4.69, 9.17) is 9.47 Å². The fraction of sp³-hybridized carbons (Fsp3) is 0.316. The van der Waals surface area contributed by atoms with Gasteiger partial charge in [0, 0.05) is 18.7 Å². The maximum atomic E-state index is 11.9. The molecule has 0 atom stereocenters. The third-order valence-electron chi connectivity index (χ3n) is 3.84. The summed E-state index contributed by atoms with van der Waals surface area (Å²) >= 11 is 0. The third-order valence-corrected chi connectivity index (χ3v) is 3.84. The van der Waals surface area contributed by atoms with Gasteiger partial charge in [0.2, 0.25) is 0 Å². The maximum absolute atomic E-state index is 11.9. The van der Waals surface area contributed by atoms with Crippen molar-refractivity contribution in [1.82, 2.24) is 10.6 Å². The van der Waals surface area contributed by atoms with Crippen molar-refractivity contribution in [2.75, 3.05) is 20.8 Å². The second-order valence-corrected chi connectivity index (χ2v) is 5.43. The molecule has 2 aromatic carbocycles. The van der Waals surface area contributed by atoms with Crippen molar-refractivity contribution in [2.45, 2.75) is 19.9 Å². The third kappa shape index (κ3) is 4.65. The Morgan fingerprint density at radius 1 is 1.00 bits per heavy atom. The lowest BCUT2D eigenvalue weighted by atomic mass is 10.1. The molecular formula is C19H24N2O3. The summed E-state index contributed by atoms with van der Waals surface area (Å²) in [6.45, 7) is 3.00. The van der Waals surface area contributed by atoms with Crippen LogP contribution < -0.4 is 20.1 Å². The highest BCUT2D eigenvalue weighted by Crippen LogP contribution is 2.31. The van der Waals surface area contributed by atoms with Gasteiger partial charge in [-0.3, -0.25) is 0 Å². The molecule has 0 heterocycles. The standard InChI is InChI=1S/C19H24N2O3/c1-14-17(23-2)10-9-16(18(14)24-3)11-12-20-19(22)21-13-15-7-5-4-6-8-15/h4-10H,11-13H2,1-3H3,(H2,20,21,22). The van der Waals surface area contributed by atoms with Crippen LogP contribution in [0.4, 0.5) is 4.79 Å². The van der Waals surface area contributed by atoms with E-state index in [1.54, 1.807) is 14.2 Å². The summed E-state index contributed by atoms with van der Waals surface area (Å²) in [5.41, 5.74) is 3.07. The lowest BCUT2D eigenvalue weighted by Gasteiger charge is -2.15. The number of carbonyl (C=O) groups excluding carboxylic acids is 1. The molecule has 128 valence electrons. The molecule has 0 saturated carbocycles. The van der Waals surface area contributed by atoms with E-state index in [-0.39, 0.29) is 6.03 Å². The minimum absolute atomic E-state index is 0.178. The zero-order valence-corrected chi connectivity index (χ0v) is 14.4. The second-order valence-electron chi connectivity index (χ2n) is 5.43. The van der Waals surface area contributed by atoms with E-state index in [0.29, 0.717) is 19.5 Å². The van der Waals surface area contributed by atoms with Gasteiger partial charge in [-0.25, -0.2) is 4.79 Å². The lowest BCUT2D eigenvalue weighted by molar-refractivity contribution is 0.240. The Balaban J connectivity index is 1.83. The first-order chi connectivity index (χ1) is 11.7. The van der Waals surface area contributed by atoms with Gasteiger partial charge in [0.25, 0.3) is 0 Å². The summed E-state index contributed by atoms with van der Waals surface area (Å²) in [4.78, 5) is 11.9. The average Bonchev–Trinajstić information content (AvgIpc) is 2.61. The van der Waals surface area contributed by atoms with Gasteiger partial charge in [0.05, 0.1) is 14.2 Å². The van der Waals surface area contributed by atoms with E-state index in [1.807, 2.05) is 49.4 Å². The molecule has 2 N–H and O–H groups in total. The lowest BCUT2D eigenvalue weighted by Crippen LogP contribution is -2.36. The van der Waals surface area contributed by atoms with Gasteiger partial charge in [-0.2, -0.15) is 0 Å². The zero-order valence-electron chi connectivity index (χ0n) is 14.4. The summed E-state index contributed by atoms with van der Waals surface area (Å²) in [5.74, 6) is 1.60. The van der Waals surface area contributed by atoms with E-state index in [2.05, 4.69) is 10.6 Å². The summed E-state index contributed by atoms with van der Waals surface area (Å²) < 4.78 is 10.8. The molecule has 5 nitrogen and oxygen atoms in total. The predicted molar refractivity (Wildman–Crippen MR) is 94.7 cm³/mol. The van der Waals surface area contributed by atoms with Crippen LogP contribution in [-0.4, -0.2) is 26.8 Å². The number of carbonyl (C=O) groups is 1. The van der Waals surface area contributed by atoms with E-state index in [9.17, 15) is 4.79 Å². The van der Waals surface area contributed by atoms with Crippen LogP contribution in [0, 0.1) is 6.92 Å². The molecule has 0 saturated heterocycles. The minimum Gasteiger partial charge on any atom is -0.496 e. The Kier molecular flexibility index (Phi) is 6.49. The molecule has 0 spiro atoms. The van der Waals surface area contributed by atoms with Crippen molar-refractivity contribution in [3.63, 3.8) is 0 Å².